The second-order valence-corrected chi connectivity index (χ2v) is 3.10. The molecule has 0 radical (unpaired) electrons. The van der Waals surface area contributed by atoms with Crippen LogP contribution in [0.1, 0.15) is 13.3 Å². The number of aromatic nitrogens is 1. The summed E-state index contributed by atoms with van der Waals surface area (Å²) in [5.74, 6) is 0.532. The number of hydrogen-bond acceptors (Lipinski definition) is 4. The molecule has 0 saturated carbocycles. The predicted octanol–water partition coefficient (Wildman–Crippen LogP) is 0.873. The number of nitrogens with two attached hydrogens (primary N) is 1. The number of aliphatic hydroxyl groups is 1. The average Bonchev–Trinajstić information content (AvgIpc) is 2.19. The summed E-state index contributed by atoms with van der Waals surface area (Å²) in [4.78, 5) is 6.10. The quantitative estimate of drug-likeness (QED) is 0.732. The van der Waals surface area contributed by atoms with E-state index in [0.717, 1.165) is 25.2 Å². The molecule has 0 amide bonds. The van der Waals surface area contributed by atoms with Gasteiger partial charge >= 0.3 is 0 Å². The second-order valence-electron chi connectivity index (χ2n) is 3.10. The van der Waals surface area contributed by atoms with Gasteiger partial charge in [0.1, 0.15) is 5.82 Å². The molecule has 4 nitrogen and oxygen atoms in total. The van der Waals surface area contributed by atoms with E-state index >= 15 is 0 Å². The fraction of sp³-hybridized carbons (Fsp3) is 0.500. The van der Waals surface area contributed by atoms with E-state index in [1.165, 1.54) is 0 Å². The fourth-order valence-corrected chi connectivity index (χ4v) is 1.36. The Labute approximate surface area is 84.4 Å². The van der Waals surface area contributed by atoms with Crippen molar-refractivity contribution in [1.82, 2.24) is 4.98 Å². The van der Waals surface area contributed by atoms with E-state index in [-0.39, 0.29) is 6.61 Å². The standard InChI is InChI=1S/C10H17N3O/c1-2-13(6-3-7-14)9-4-5-12-10(11)8-9/h4-5,8,14H,2-3,6-7H2,1H3,(H2,11,12). The van der Waals surface area contributed by atoms with Gasteiger partial charge in [-0.05, 0) is 19.4 Å². The van der Waals surface area contributed by atoms with Gasteiger partial charge in [-0.2, -0.15) is 0 Å². The molecule has 3 N–H and O–H groups in total. The van der Waals surface area contributed by atoms with Crippen molar-refractivity contribution in [2.75, 3.05) is 30.3 Å². The van der Waals surface area contributed by atoms with E-state index < -0.39 is 0 Å². The lowest BCUT2D eigenvalue weighted by Crippen LogP contribution is -2.24. The molecule has 0 spiro atoms. The number of aliphatic hydroxyl groups excluding tert-OH is 1. The molecule has 14 heavy (non-hydrogen) atoms. The predicted molar refractivity (Wildman–Crippen MR) is 58.2 cm³/mol. The van der Waals surface area contributed by atoms with Crippen LogP contribution in [0, 0.1) is 0 Å². The first-order chi connectivity index (χ1) is 6.77. The number of hydrogen-bond donors (Lipinski definition) is 2. The zero-order chi connectivity index (χ0) is 10.4. The van der Waals surface area contributed by atoms with Gasteiger partial charge in [-0.15, -0.1) is 0 Å². The molecule has 0 saturated heterocycles. The third-order valence-corrected chi connectivity index (χ3v) is 2.10. The average molecular weight is 195 g/mol. The highest BCUT2D eigenvalue weighted by Gasteiger charge is 2.03. The maximum Gasteiger partial charge on any atom is 0.125 e. The Kier molecular flexibility index (Phi) is 4.19. The van der Waals surface area contributed by atoms with Crippen LogP contribution in [0.5, 0.6) is 0 Å². The van der Waals surface area contributed by atoms with E-state index in [4.69, 9.17) is 10.8 Å². The highest BCUT2D eigenvalue weighted by molar-refractivity contribution is 5.51. The van der Waals surface area contributed by atoms with E-state index in [1.54, 1.807) is 6.20 Å². The number of nitrogens with zero attached hydrogens (tertiary/aromatic N) is 2. The van der Waals surface area contributed by atoms with Crippen molar-refractivity contribution in [2.45, 2.75) is 13.3 Å². The number of pyridine rings is 1. The molecule has 0 aliphatic carbocycles. The molecular weight excluding hydrogens is 178 g/mol. The molecule has 1 aromatic heterocycles. The molecule has 0 bridgehead atoms. The van der Waals surface area contributed by atoms with Gasteiger partial charge in [0.25, 0.3) is 0 Å². The van der Waals surface area contributed by atoms with Crippen LogP contribution >= 0.6 is 0 Å². The van der Waals surface area contributed by atoms with Gasteiger partial charge in [0.05, 0.1) is 0 Å². The summed E-state index contributed by atoms with van der Waals surface area (Å²) < 4.78 is 0. The molecule has 1 rings (SSSR count). The first kappa shape index (κ1) is 10.8. The largest absolute Gasteiger partial charge is 0.396 e. The summed E-state index contributed by atoms with van der Waals surface area (Å²) in [7, 11) is 0. The zero-order valence-corrected chi connectivity index (χ0v) is 8.48. The lowest BCUT2D eigenvalue weighted by Gasteiger charge is -2.22. The van der Waals surface area contributed by atoms with Gasteiger partial charge in [-0.1, -0.05) is 0 Å². The van der Waals surface area contributed by atoms with Crippen LogP contribution in [-0.2, 0) is 0 Å². The summed E-state index contributed by atoms with van der Waals surface area (Å²) in [6.07, 6.45) is 2.47. The highest BCUT2D eigenvalue weighted by Crippen LogP contribution is 2.15. The normalized spacial score (nSPS) is 10.1. The molecule has 0 unspecified atom stereocenters. The first-order valence-corrected chi connectivity index (χ1v) is 4.85. The molecule has 0 aliphatic heterocycles. The van der Waals surface area contributed by atoms with Crippen molar-refractivity contribution in [3.8, 4) is 0 Å². The lowest BCUT2D eigenvalue weighted by molar-refractivity contribution is 0.289. The van der Waals surface area contributed by atoms with Crippen LogP contribution in [0.3, 0.4) is 0 Å². The van der Waals surface area contributed by atoms with E-state index in [0.29, 0.717) is 5.82 Å². The van der Waals surface area contributed by atoms with Crippen LogP contribution in [0.25, 0.3) is 0 Å². The second kappa shape index (κ2) is 5.44. The summed E-state index contributed by atoms with van der Waals surface area (Å²) in [5, 5.41) is 8.75. The van der Waals surface area contributed by atoms with Crippen molar-refractivity contribution in [3.05, 3.63) is 18.3 Å². The number of nitrogen functional groups attached to an aromatic ring is 1. The maximum absolute atomic E-state index is 8.75. The van der Waals surface area contributed by atoms with Crippen molar-refractivity contribution in [1.29, 1.82) is 0 Å². The molecule has 0 atom stereocenters. The van der Waals surface area contributed by atoms with E-state index in [2.05, 4.69) is 16.8 Å². The van der Waals surface area contributed by atoms with Gasteiger partial charge < -0.3 is 15.7 Å². The smallest absolute Gasteiger partial charge is 0.125 e. The minimum atomic E-state index is 0.219. The Balaban J connectivity index is 2.68. The fourth-order valence-electron chi connectivity index (χ4n) is 1.36. The number of anilines is 2. The van der Waals surface area contributed by atoms with Crippen molar-refractivity contribution in [2.24, 2.45) is 0 Å². The molecule has 4 heteroatoms. The van der Waals surface area contributed by atoms with Gasteiger partial charge in [0.2, 0.25) is 0 Å². The third-order valence-electron chi connectivity index (χ3n) is 2.10. The van der Waals surface area contributed by atoms with Gasteiger partial charge in [-0.3, -0.25) is 0 Å². The van der Waals surface area contributed by atoms with Gasteiger partial charge in [-0.25, -0.2) is 4.98 Å². The molecule has 78 valence electrons. The van der Waals surface area contributed by atoms with Crippen molar-refractivity contribution in [3.63, 3.8) is 0 Å². The molecular formula is C10H17N3O. The molecule has 0 aromatic carbocycles. The Hall–Kier alpha value is -1.29. The summed E-state index contributed by atoms with van der Waals surface area (Å²) in [6.45, 7) is 4.05. The monoisotopic (exact) mass is 195 g/mol. The Morgan fingerprint density at radius 3 is 2.93 bits per heavy atom. The first-order valence-electron chi connectivity index (χ1n) is 4.85. The summed E-state index contributed by atoms with van der Waals surface area (Å²) >= 11 is 0. The third kappa shape index (κ3) is 2.88. The molecule has 1 heterocycles. The Morgan fingerprint density at radius 1 is 1.57 bits per heavy atom. The molecule has 1 aromatic rings. The number of rotatable bonds is 5. The summed E-state index contributed by atoms with van der Waals surface area (Å²) in [6, 6.07) is 3.78. The zero-order valence-electron chi connectivity index (χ0n) is 8.48. The highest BCUT2D eigenvalue weighted by atomic mass is 16.3. The summed E-state index contributed by atoms with van der Waals surface area (Å²) in [5.41, 5.74) is 6.66. The van der Waals surface area contributed by atoms with E-state index in [1.807, 2.05) is 12.1 Å². The van der Waals surface area contributed by atoms with Crippen LogP contribution in [0.15, 0.2) is 18.3 Å². The molecule has 0 fully saturated rings. The van der Waals surface area contributed by atoms with Crippen LogP contribution in [-0.4, -0.2) is 29.8 Å². The van der Waals surface area contributed by atoms with Crippen molar-refractivity contribution >= 4 is 11.5 Å². The van der Waals surface area contributed by atoms with Crippen LogP contribution < -0.4 is 10.6 Å². The van der Waals surface area contributed by atoms with Gasteiger partial charge in [0, 0.05) is 37.6 Å². The maximum atomic E-state index is 8.75. The van der Waals surface area contributed by atoms with Crippen molar-refractivity contribution < 1.29 is 5.11 Å². The SMILES string of the molecule is CCN(CCCO)c1ccnc(N)c1. The Morgan fingerprint density at radius 2 is 2.36 bits per heavy atom. The Bertz CT molecular complexity index is 278. The van der Waals surface area contributed by atoms with E-state index in [9.17, 15) is 0 Å². The molecule has 0 aliphatic rings. The van der Waals surface area contributed by atoms with Gasteiger partial charge in [0.15, 0.2) is 0 Å². The minimum Gasteiger partial charge on any atom is -0.396 e. The minimum absolute atomic E-state index is 0.219. The topological polar surface area (TPSA) is 62.4 Å². The van der Waals surface area contributed by atoms with Crippen LogP contribution in [0.2, 0.25) is 0 Å². The lowest BCUT2D eigenvalue weighted by atomic mass is 10.3. The van der Waals surface area contributed by atoms with Crippen LogP contribution in [0.4, 0.5) is 11.5 Å².